The van der Waals surface area contributed by atoms with Crippen LogP contribution >= 0.6 is 0 Å². The maximum absolute atomic E-state index is 11.4. The molecule has 0 aromatic heterocycles. The molecule has 0 radical (unpaired) electrons. The molecule has 0 amide bonds. The van der Waals surface area contributed by atoms with Crippen LogP contribution in [0.25, 0.3) is 0 Å². The number of carboxylic acid groups (broad SMARTS) is 2. The van der Waals surface area contributed by atoms with E-state index in [1.54, 1.807) is 20.8 Å². The van der Waals surface area contributed by atoms with Gasteiger partial charge >= 0.3 is 49.7 Å². The molecule has 4 nitrogen and oxygen atoms in total. The van der Waals surface area contributed by atoms with E-state index in [2.05, 4.69) is 6.92 Å². The Balaban J connectivity index is 0. The van der Waals surface area contributed by atoms with Gasteiger partial charge in [0.15, 0.2) is 5.41 Å². The van der Waals surface area contributed by atoms with Gasteiger partial charge in [-0.2, -0.15) is 0 Å². The van der Waals surface area contributed by atoms with Crippen LogP contribution in [0.4, 0.5) is 0 Å². The molecule has 0 aromatic rings. The van der Waals surface area contributed by atoms with Crippen molar-refractivity contribution in [1.29, 1.82) is 0 Å². The van der Waals surface area contributed by atoms with Crippen molar-refractivity contribution in [3.63, 3.8) is 0 Å². The number of carbonyl (C=O) groups is 2. The first-order chi connectivity index (χ1) is 7.70. The molecule has 5 heteroatoms. The summed E-state index contributed by atoms with van der Waals surface area (Å²) in [4.78, 5) is 22.8. The molecule has 0 aliphatic rings. The quantitative estimate of drug-likeness (QED) is 0.427. The van der Waals surface area contributed by atoms with Crippen LogP contribution in [0.2, 0.25) is 0 Å². The van der Waals surface area contributed by atoms with Crippen molar-refractivity contribution in [3.05, 3.63) is 0 Å². The zero-order chi connectivity index (χ0) is 13.7. The van der Waals surface area contributed by atoms with Crippen LogP contribution in [-0.2, 0) is 9.59 Å². The van der Waals surface area contributed by atoms with E-state index in [4.69, 9.17) is 0 Å². The average molecular weight is 286 g/mol. The molecule has 0 saturated heterocycles. The second-order valence-electron chi connectivity index (χ2n) is 5.58. The molecule has 0 spiro atoms. The summed E-state index contributed by atoms with van der Waals surface area (Å²) in [6, 6.07) is 0. The van der Waals surface area contributed by atoms with Gasteiger partial charge in [0.25, 0.3) is 0 Å². The van der Waals surface area contributed by atoms with E-state index in [-0.39, 0.29) is 44.2 Å². The molecule has 0 rings (SSSR count). The Bertz CT molecular complexity index is 267. The molecule has 2 N–H and O–H groups in total. The van der Waals surface area contributed by atoms with E-state index in [0.717, 1.165) is 19.3 Å². The summed E-state index contributed by atoms with van der Waals surface area (Å²) >= 11 is 0. The van der Waals surface area contributed by atoms with E-state index in [1.165, 1.54) is 0 Å². The molecule has 0 aromatic carbocycles. The average Bonchev–Trinajstić information content (AvgIpc) is 2.14. The molecule has 0 heterocycles. The molecule has 0 bridgehead atoms. The van der Waals surface area contributed by atoms with Crippen molar-refractivity contribution < 1.29 is 19.8 Å². The van der Waals surface area contributed by atoms with Crippen molar-refractivity contribution in [2.24, 2.45) is 10.8 Å². The van der Waals surface area contributed by atoms with E-state index >= 15 is 0 Å². The Hall–Kier alpha value is 0.200. The number of rotatable bonds is 7. The molecule has 0 fully saturated rings. The van der Waals surface area contributed by atoms with Crippen molar-refractivity contribution in [2.75, 3.05) is 0 Å². The standard InChI is InChI=1S/C13H24O4.Ca.2H/c1-5-6-7-8-9-13(10(14)15,11(16)17)12(2,3)4;;;/h5-9H2,1-4H3,(H,14,15)(H,16,17);;;. The summed E-state index contributed by atoms with van der Waals surface area (Å²) in [5.74, 6) is -2.46. The van der Waals surface area contributed by atoms with E-state index in [9.17, 15) is 19.8 Å². The molecule has 18 heavy (non-hydrogen) atoms. The van der Waals surface area contributed by atoms with Crippen molar-refractivity contribution >= 4 is 49.7 Å². The van der Waals surface area contributed by atoms with Gasteiger partial charge < -0.3 is 10.2 Å². The maximum atomic E-state index is 11.4. The summed E-state index contributed by atoms with van der Waals surface area (Å²) in [5, 5.41) is 18.6. The van der Waals surface area contributed by atoms with Gasteiger partial charge in [0.2, 0.25) is 0 Å². The van der Waals surface area contributed by atoms with Gasteiger partial charge in [0, 0.05) is 0 Å². The molecular weight excluding hydrogens is 260 g/mol. The molecule has 0 aliphatic carbocycles. The van der Waals surface area contributed by atoms with Gasteiger partial charge in [-0.25, -0.2) is 0 Å². The van der Waals surface area contributed by atoms with Gasteiger partial charge in [-0.15, -0.1) is 0 Å². The first kappa shape index (κ1) is 20.5. The van der Waals surface area contributed by atoms with Crippen LogP contribution in [-0.4, -0.2) is 59.9 Å². The van der Waals surface area contributed by atoms with Gasteiger partial charge in [-0.1, -0.05) is 53.4 Å². The molecule has 0 atom stereocenters. The Kier molecular flexibility index (Phi) is 9.56. The van der Waals surface area contributed by atoms with Crippen molar-refractivity contribution in [3.8, 4) is 0 Å². The van der Waals surface area contributed by atoms with Crippen LogP contribution < -0.4 is 0 Å². The normalized spacial score (nSPS) is 11.8. The van der Waals surface area contributed by atoms with Crippen LogP contribution in [0.3, 0.4) is 0 Å². The van der Waals surface area contributed by atoms with Crippen LogP contribution in [0.1, 0.15) is 59.8 Å². The molecule has 0 unspecified atom stereocenters. The fraction of sp³-hybridized carbons (Fsp3) is 0.846. The van der Waals surface area contributed by atoms with Gasteiger partial charge in [0.1, 0.15) is 0 Å². The van der Waals surface area contributed by atoms with E-state index < -0.39 is 22.8 Å². The predicted molar refractivity (Wildman–Crippen MR) is 74.5 cm³/mol. The molecule has 0 saturated carbocycles. The van der Waals surface area contributed by atoms with Gasteiger partial charge in [-0.05, 0) is 11.8 Å². The minimum atomic E-state index is -1.68. The SMILES string of the molecule is CCCCCCC(C(=O)O)(C(=O)O)C(C)(C)C.[CaH2]. The van der Waals surface area contributed by atoms with Gasteiger partial charge in [0.05, 0.1) is 0 Å². The fourth-order valence-electron chi connectivity index (χ4n) is 2.14. The van der Waals surface area contributed by atoms with E-state index in [1.807, 2.05) is 0 Å². The summed E-state index contributed by atoms with van der Waals surface area (Å²) in [6.07, 6.45) is 3.78. The van der Waals surface area contributed by atoms with Crippen LogP contribution in [0, 0.1) is 10.8 Å². The zero-order valence-corrected chi connectivity index (χ0v) is 11.2. The summed E-state index contributed by atoms with van der Waals surface area (Å²) in [7, 11) is 0. The Morgan fingerprint density at radius 1 is 0.944 bits per heavy atom. The topological polar surface area (TPSA) is 74.6 Å². The second kappa shape index (κ2) is 8.39. The van der Waals surface area contributed by atoms with E-state index in [0.29, 0.717) is 6.42 Å². The summed E-state index contributed by atoms with van der Waals surface area (Å²) in [5.41, 5.74) is -2.47. The molecule has 104 valence electrons. The second-order valence-corrected chi connectivity index (χ2v) is 5.58. The minimum absolute atomic E-state index is 0. The third-order valence-electron chi connectivity index (χ3n) is 3.42. The van der Waals surface area contributed by atoms with Crippen molar-refractivity contribution in [2.45, 2.75) is 59.8 Å². The third-order valence-corrected chi connectivity index (χ3v) is 3.42. The van der Waals surface area contributed by atoms with Crippen LogP contribution in [0.5, 0.6) is 0 Å². The monoisotopic (exact) mass is 286 g/mol. The molecule has 0 aliphatic heterocycles. The number of hydrogen-bond acceptors (Lipinski definition) is 2. The number of aliphatic carboxylic acids is 2. The third kappa shape index (κ3) is 4.71. The van der Waals surface area contributed by atoms with Crippen LogP contribution in [0.15, 0.2) is 0 Å². The number of carboxylic acids is 2. The Morgan fingerprint density at radius 2 is 1.39 bits per heavy atom. The predicted octanol–water partition coefficient (Wildman–Crippen LogP) is 2.24. The Morgan fingerprint density at radius 3 is 1.67 bits per heavy atom. The number of unbranched alkanes of at least 4 members (excludes halogenated alkanes) is 3. The molecular formula is C13H26CaO4. The summed E-state index contributed by atoms with van der Waals surface area (Å²) in [6.45, 7) is 7.09. The fourth-order valence-corrected chi connectivity index (χ4v) is 2.14. The number of hydrogen-bond donors (Lipinski definition) is 2. The zero-order valence-electron chi connectivity index (χ0n) is 11.2. The Labute approximate surface area is 139 Å². The first-order valence-corrected chi connectivity index (χ1v) is 6.17. The van der Waals surface area contributed by atoms with Gasteiger partial charge in [-0.3, -0.25) is 9.59 Å². The first-order valence-electron chi connectivity index (χ1n) is 6.17. The summed E-state index contributed by atoms with van der Waals surface area (Å²) < 4.78 is 0. The van der Waals surface area contributed by atoms with Crippen molar-refractivity contribution in [1.82, 2.24) is 0 Å².